The number of anilines is 1. The van der Waals surface area contributed by atoms with Gasteiger partial charge in [0.05, 0.1) is 24.6 Å². The highest BCUT2D eigenvalue weighted by molar-refractivity contribution is 5.89. The van der Waals surface area contributed by atoms with E-state index in [0.717, 1.165) is 43.6 Å². The van der Waals surface area contributed by atoms with Crippen molar-refractivity contribution in [1.29, 1.82) is 0 Å². The molecular weight excluding hydrogens is 368 g/mol. The number of ether oxygens (including phenoxy) is 1. The van der Waals surface area contributed by atoms with Gasteiger partial charge < -0.3 is 15.0 Å². The van der Waals surface area contributed by atoms with Gasteiger partial charge in [0, 0.05) is 31.7 Å². The van der Waals surface area contributed by atoms with E-state index in [2.05, 4.69) is 22.4 Å². The van der Waals surface area contributed by atoms with E-state index in [1.165, 1.54) is 17.4 Å². The Morgan fingerprint density at radius 3 is 2.52 bits per heavy atom. The van der Waals surface area contributed by atoms with Gasteiger partial charge in [0.25, 0.3) is 5.56 Å². The molecule has 7 nitrogen and oxygen atoms in total. The maximum absolute atomic E-state index is 12.6. The van der Waals surface area contributed by atoms with Crippen molar-refractivity contribution in [2.75, 3.05) is 32.6 Å². The van der Waals surface area contributed by atoms with E-state index in [1.807, 2.05) is 24.3 Å². The van der Waals surface area contributed by atoms with Gasteiger partial charge in [-0.15, -0.1) is 0 Å². The highest BCUT2D eigenvalue weighted by atomic mass is 16.5. The SMILES string of the molecule is COC(=O)c1ccc([C@H]2C[C@@H](Nc3cnn(C)c(=O)c3C3CC3)CN(C)C2)cc1. The standard InChI is InChI=1S/C22H28N4O3/c1-25-12-17(14-4-8-16(9-5-14)22(28)29-3)10-18(13-25)24-19-11-23-26(2)21(27)20(19)15-6-7-15/h4-5,8-9,11,15,17-18,24H,6-7,10,12-13H2,1-3H3/t17-,18+/m0/s1. The van der Waals surface area contributed by atoms with Gasteiger partial charge in [0.2, 0.25) is 0 Å². The first kappa shape index (κ1) is 19.6. The Balaban J connectivity index is 1.52. The lowest BCUT2D eigenvalue weighted by atomic mass is 9.87. The second-order valence-electron chi connectivity index (χ2n) is 8.28. The molecular formula is C22H28N4O3. The number of nitrogens with one attached hydrogen (secondary N) is 1. The van der Waals surface area contributed by atoms with Gasteiger partial charge in [-0.3, -0.25) is 4.79 Å². The summed E-state index contributed by atoms with van der Waals surface area (Å²) in [6.45, 7) is 1.87. The van der Waals surface area contributed by atoms with Crippen LogP contribution in [0.25, 0.3) is 0 Å². The van der Waals surface area contributed by atoms with E-state index >= 15 is 0 Å². The maximum Gasteiger partial charge on any atom is 0.337 e. The molecule has 154 valence electrons. The molecule has 0 radical (unpaired) electrons. The quantitative estimate of drug-likeness (QED) is 0.782. The minimum atomic E-state index is -0.317. The van der Waals surface area contributed by atoms with Crippen LogP contribution in [0, 0.1) is 0 Å². The van der Waals surface area contributed by atoms with Crippen molar-refractivity contribution in [3.63, 3.8) is 0 Å². The van der Waals surface area contributed by atoms with E-state index in [0.29, 0.717) is 17.4 Å². The first-order chi connectivity index (χ1) is 14.0. The van der Waals surface area contributed by atoms with Gasteiger partial charge in [-0.1, -0.05) is 12.1 Å². The Kier molecular flexibility index (Phi) is 5.41. The van der Waals surface area contributed by atoms with Crippen LogP contribution in [-0.2, 0) is 11.8 Å². The number of likely N-dealkylation sites (tertiary alicyclic amines) is 1. The third kappa shape index (κ3) is 4.19. The van der Waals surface area contributed by atoms with Crippen LogP contribution in [0.4, 0.5) is 5.69 Å². The topological polar surface area (TPSA) is 76.5 Å². The summed E-state index contributed by atoms with van der Waals surface area (Å²) in [5.74, 6) is 0.395. The molecule has 0 bridgehead atoms. The van der Waals surface area contributed by atoms with E-state index < -0.39 is 0 Å². The second kappa shape index (κ2) is 7.99. The number of benzene rings is 1. The monoisotopic (exact) mass is 396 g/mol. The summed E-state index contributed by atoms with van der Waals surface area (Å²) in [6, 6.07) is 7.92. The smallest absolute Gasteiger partial charge is 0.337 e. The van der Waals surface area contributed by atoms with Crippen molar-refractivity contribution in [3.8, 4) is 0 Å². The summed E-state index contributed by atoms with van der Waals surface area (Å²) in [5, 5.41) is 7.85. The molecule has 2 aromatic rings. The van der Waals surface area contributed by atoms with Gasteiger partial charge in [-0.2, -0.15) is 5.10 Å². The number of esters is 1. The number of likely N-dealkylation sites (N-methyl/N-ethyl adjacent to an activating group) is 1. The molecule has 1 saturated heterocycles. The van der Waals surface area contributed by atoms with Crippen LogP contribution in [0.1, 0.15) is 52.6 Å². The van der Waals surface area contributed by atoms with Crippen LogP contribution in [0.15, 0.2) is 35.3 Å². The van der Waals surface area contributed by atoms with Gasteiger partial charge in [-0.25, -0.2) is 9.48 Å². The molecule has 1 aliphatic heterocycles. The van der Waals surface area contributed by atoms with Gasteiger partial charge in [0.15, 0.2) is 0 Å². The highest BCUT2D eigenvalue weighted by Gasteiger charge is 2.32. The largest absolute Gasteiger partial charge is 0.465 e. The molecule has 1 aromatic carbocycles. The molecule has 29 heavy (non-hydrogen) atoms. The third-order valence-electron chi connectivity index (χ3n) is 5.96. The first-order valence-electron chi connectivity index (χ1n) is 10.2. The lowest BCUT2D eigenvalue weighted by Crippen LogP contribution is -2.44. The molecule has 2 atom stereocenters. The van der Waals surface area contributed by atoms with Crippen LogP contribution in [0.2, 0.25) is 0 Å². The summed E-state index contributed by atoms with van der Waals surface area (Å²) in [7, 11) is 5.22. The number of aryl methyl sites for hydroxylation is 1. The van der Waals surface area contributed by atoms with E-state index in [-0.39, 0.29) is 17.6 Å². The molecule has 2 fully saturated rings. The van der Waals surface area contributed by atoms with Crippen molar-refractivity contribution >= 4 is 11.7 Å². The van der Waals surface area contributed by atoms with Crippen molar-refractivity contribution in [1.82, 2.24) is 14.7 Å². The summed E-state index contributed by atoms with van der Waals surface area (Å²) < 4.78 is 6.21. The Labute approximate surface area is 170 Å². The van der Waals surface area contributed by atoms with Crippen LogP contribution >= 0.6 is 0 Å². The summed E-state index contributed by atoms with van der Waals surface area (Å²) >= 11 is 0. The van der Waals surface area contributed by atoms with Crippen LogP contribution in [0.5, 0.6) is 0 Å². The third-order valence-corrected chi connectivity index (χ3v) is 5.96. The zero-order valence-electron chi connectivity index (χ0n) is 17.2. The normalized spacial score (nSPS) is 22.3. The number of hydrogen-bond acceptors (Lipinski definition) is 6. The fraction of sp³-hybridized carbons (Fsp3) is 0.500. The predicted molar refractivity (Wildman–Crippen MR) is 112 cm³/mol. The van der Waals surface area contributed by atoms with Gasteiger partial charge in [0.1, 0.15) is 0 Å². The minimum Gasteiger partial charge on any atom is -0.465 e. The first-order valence-corrected chi connectivity index (χ1v) is 10.2. The molecule has 1 saturated carbocycles. The number of piperidine rings is 1. The summed E-state index contributed by atoms with van der Waals surface area (Å²) in [6.07, 6.45) is 4.91. The lowest BCUT2D eigenvalue weighted by Gasteiger charge is -2.37. The van der Waals surface area contributed by atoms with Crippen molar-refractivity contribution in [2.45, 2.75) is 37.1 Å². The number of aromatic nitrogens is 2. The van der Waals surface area contributed by atoms with Crippen LogP contribution < -0.4 is 10.9 Å². The molecule has 1 N–H and O–H groups in total. The number of rotatable bonds is 5. The molecule has 1 aromatic heterocycles. The molecule has 2 aliphatic rings. The highest BCUT2D eigenvalue weighted by Crippen LogP contribution is 2.41. The lowest BCUT2D eigenvalue weighted by molar-refractivity contribution is 0.0600. The number of nitrogens with zero attached hydrogens (tertiary/aromatic N) is 3. The van der Waals surface area contributed by atoms with Gasteiger partial charge in [-0.05, 0) is 55.8 Å². The average Bonchev–Trinajstić information content (AvgIpc) is 3.55. The van der Waals surface area contributed by atoms with Crippen molar-refractivity contribution < 1.29 is 9.53 Å². The molecule has 0 spiro atoms. The molecule has 0 unspecified atom stereocenters. The number of hydrogen-bond donors (Lipinski definition) is 1. The molecule has 2 heterocycles. The van der Waals surface area contributed by atoms with Crippen LogP contribution in [0.3, 0.4) is 0 Å². The van der Waals surface area contributed by atoms with E-state index in [1.54, 1.807) is 13.2 Å². The Morgan fingerprint density at radius 2 is 1.86 bits per heavy atom. The fourth-order valence-corrected chi connectivity index (χ4v) is 4.33. The number of methoxy groups -OCH3 is 1. The fourth-order valence-electron chi connectivity index (χ4n) is 4.33. The van der Waals surface area contributed by atoms with Gasteiger partial charge >= 0.3 is 5.97 Å². The molecule has 1 aliphatic carbocycles. The van der Waals surface area contributed by atoms with Crippen molar-refractivity contribution in [3.05, 3.63) is 57.5 Å². The molecule has 0 amide bonds. The minimum absolute atomic E-state index is 0.0108. The molecule has 7 heteroatoms. The number of carbonyl (C=O) groups is 1. The Morgan fingerprint density at radius 1 is 1.14 bits per heavy atom. The van der Waals surface area contributed by atoms with Crippen LogP contribution in [-0.4, -0.2) is 53.9 Å². The summed E-state index contributed by atoms with van der Waals surface area (Å²) in [4.78, 5) is 26.6. The van der Waals surface area contributed by atoms with E-state index in [4.69, 9.17) is 4.74 Å². The Bertz CT molecular complexity index is 950. The number of carbonyl (C=O) groups excluding carboxylic acids is 1. The zero-order chi connectivity index (χ0) is 20.5. The Hall–Kier alpha value is -2.67. The maximum atomic E-state index is 12.6. The van der Waals surface area contributed by atoms with Crippen molar-refractivity contribution in [2.24, 2.45) is 7.05 Å². The zero-order valence-corrected chi connectivity index (χ0v) is 17.2. The predicted octanol–water partition coefficient (Wildman–Crippen LogP) is 2.34. The summed E-state index contributed by atoms with van der Waals surface area (Å²) in [5.41, 5.74) is 3.55. The second-order valence-corrected chi connectivity index (χ2v) is 8.28. The van der Waals surface area contributed by atoms with E-state index in [9.17, 15) is 9.59 Å². The average molecular weight is 396 g/mol. The molecule has 4 rings (SSSR count).